The van der Waals surface area contributed by atoms with Gasteiger partial charge < -0.3 is 20.5 Å². The predicted octanol–water partition coefficient (Wildman–Crippen LogP) is 10.4. The van der Waals surface area contributed by atoms with Gasteiger partial charge in [0.25, 0.3) is 0 Å². The number of aryl methyl sites for hydroxylation is 4. The second-order valence-corrected chi connectivity index (χ2v) is 11.0. The van der Waals surface area contributed by atoms with Crippen LogP contribution in [-0.4, -0.2) is 36.8 Å². The SMILES string of the molecule is CC.CC.CC.CC.Cc1cc(F)cc(F)c1.Cc1cccc(CNCC(O)CNC(=O)C(C)(C)CCCOc2cc(C)ccc2C)c1. The zero-order valence-electron chi connectivity index (χ0n) is 32.6. The van der Waals surface area contributed by atoms with Gasteiger partial charge >= 0.3 is 0 Å². The van der Waals surface area contributed by atoms with E-state index in [1.54, 1.807) is 6.92 Å². The minimum atomic E-state index is -0.628. The first-order valence-corrected chi connectivity index (χ1v) is 17.7. The fraction of sp³-hybridized carbons (Fsp3) is 0.537. The summed E-state index contributed by atoms with van der Waals surface area (Å²) < 4.78 is 30.3. The second kappa shape index (κ2) is 29.8. The Labute approximate surface area is 292 Å². The first-order valence-electron chi connectivity index (χ1n) is 17.7. The van der Waals surface area contributed by atoms with Gasteiger partial charge in [0, 0.05) is 31.1 Å². The van der Waals surface area contributed by atoms with Gasteiger partial charge in [0.05, 0.1) is 12.7 Å². The van der Waals surface area contributed by atoms with Crippen molar-refractivity contribution in [3.63, 3.8) is 0 Å². The minimum absolute atomic E-state index is 0.0445. The second-order valence-electron chi connectivity index (χ2n) is 11.0. The van der Waals surface area contributed by atoms with Gasteiger partial charge in [-0.15, -0.1) is 0 Å². The molecule has 48 heavy (non-hydrogen) atoms. The van der Waals surface area contributed by atoms with Crippen molar-refractivity contribution in [2.45, 2.75) is 122 Å². The maximum Gasteiger partial charge on any atom is 0.225 e. The van der Waals surface area contributed by atoms with E-state index in [0.717, 1.165) is 23.8 Å². The van der Waals surface area contributed by atoms with Crippen LogP contribution in [0.1, 0.15) is 110 Å². The van der Waals surface area contributed by atoms with Gasteiger partial charge in [-0.2, -0.15) is 0 Å². The molecule has 3 aromatic carbocycles. The maximum atomic E-state index is 12.6. The number of hydrogen-bond acceptors (Lipinski definition) is 4. The smallest absolute Gasteiger partial charge is 0.225 e. The summed E-state index contributed by atoms with van der Waals surface area (Å²) in [6.07, 6.45) is 0.872. The Bertz CT molecular complexity index is 1180. The van der Waals surface area contributed by atoms with E-state index in [-0.39, 0.29) is 12.5 Å². The van der Waals surface area contributed by atoms with Gasteiger partial charge in [0.15, 0.2) is 0 Å². The lowest BCUT2D eigenvalue weighted by molar-refractivity contribution is -0.130. The molecule has 3 aromatic rings. The third-order valence-electron chi connectivity index (χ3n) is 6.46. The summed E-state index contributed by atoms with van der Waals surface area (Å²) in [5.74, 6) is -0.180. The third kappa shape index (κ3) is 23.1. The van der Waals surface area contributed by atoms with Gasteiger partial charge in [-0.05, 0) is 81.0 Å². The molecule has 1 amide bonds. The van der Waals surface area contributed by atoms with Crippen molar-refractivity contribution in [3.8, 4) is 5.75 Å². The van der Waals surface area contributed by atoms with E-state index in [0.29, 0.717) is 31.7 Å². The van der Waals surface area contributed by atoms with Crippen molar-refractivity contribution in [3.05, 3.63) is 100 Å². The molecule has 0 aliphatic heterocycles. The molecule has 0 fully saturated rings. The van der Waals surface area contributed by atoms with Crippen LogP contribution in [0.25, 0.3) is 0 Å². The predicted molar refractivity (Wildman–Crippen MR) is 203 cm³/mol. The molecule has 0 saturated carbocycles. The van der Waals surface area contributed by atoms with E-state index in [1.807, 2.05) is 95.2 Å². The molecule has 0 aliphatic carbocycles. The Morgan fingerprint density at radius 2 is 1.33 bits per heavy atom. The van der Waals surface area contributed by atoms with Crippen LogP contribution in [0.5, 0.6) is 5.75 Å². The number of rotatable bonds is 12. The number of hydrogen-bond donors (Lipinski definition) is 3. The quantitative estimate of drug-likeness (QED) is 0.167. The van der Waals surface area contributed by atoms with E-state index >= 15 is 0 Å². The molecule has 0 aromatic heterocycles. The van der Waals surface area contributed by atoms with Crippen LogP contribution < -0.4 is 15.4 Å². The van der Waals surface area contributed by atoms with Crippen molar-refractivity contribution < 1.29 is 23.4 Å². The summed E-state index contributed by atoms with van der Waals surface area (Å²) in [7, 11) is 0. The third-order valence-corrected chi connectivity index (χ3v) is 6.46. The van der Waals surface area contributed by atoms with Crippen LogP contribution in [-0.2, 0) is 11.3 Å². The van der Waals surface area contributed by atoms with E-state index in [2.05, 4.69) is 47.9 Å². The normalized spacial score (nSPS) is 10.4. The van der Waals surface area contributed by atoms with Gasteiger partial charge in [-0.1, -0.05) is 111 Å². The summed E-state index contributed by atoms with van der Waals surface area (Å²) in [5, 5.41) is 16.3. The zero-order chi connectivity index (χ0) is 37.7. The molecule has 274 valence electrons. The van der Waals surface area contributed by atoms with Crippen LogP contribution in [0.3, 0.4) is 0 Å². The Balaban J connectivity index is -0.000000990. The minimum Gasteiger partial charge on any atom is -0.493 e. The highest BCUT2D eigenvalue weighted by Crippen LogP contribution is 2.24. The number of amides is 1. The van der Waals surface area contributed by atoms with Gasteiger partial charge in [-0.25, -0.2) is 8.78 Å². The molecule has 7 heteroatoms. The van der Waals surface area contributed by atoms with E-state index in [9.17, 15) is 18.7 Å². The average Bonchev–Trinajstić information content (AvgIpc) is 3.07. The molecule has 3 rings (SSSR count). The van der Waals surface area contributed by atoms with Crippen molar-refractivity contribution >= 4 is 5.91 Å². The molecule has 3 N–H and O–H groups in total. The summed E-state index contributed by atoms with van der Waals surface area (Å²) in [6.45, 7) is 29.6. The van der Waals surface area contributed by atoms with Crippen molar-refractivity contribution in [2.75, 3.05) is 19.7 Å². The molecule has 5 nitrogen and oxygen atoms in total. The first kappa shape index (κ1) is 49.1. The van der Waals surface area contributed by atoms with E-state index < -0.39 is 23.2 Å². The molecular weight excluding hydrogens is 606 g/mol. The molecule has 1 unspecified atom stereocenters. The fourth-order valence-corrected chi connectivity index (χ4v) is 4.09. The largest absolute Gasteiger partial charge is 0.493 e. The number of halogens is 2. The fourth-order valence-electron chi connectivity index (χ4n) is 4.09. The van der Waals surface area contributed by atoms with Crippen LogP contribution in [0, 0.1) is 44.7 Å². The summed E-state index contributed by atoms with van der Waals surface area (Å²) in [4.78, 5) is 12.6. The molecule has 0 spiro atoms. The van der Waals surface area contributed by atoms with Crippen molar-refractivity contribution in [1.82, 2.24) is 10.6 Å². The number of ether oxygens (including phenoxy) is 1. The number of carbonyl (C=O) groups excluding carboxylic acids is 1. The molecular formula is C41H68F2N2O3. The van der Waals surface area contributed by atoms with Gasteiger partial charge in [0.2, 0.25) is 5.91 Å². The maximum absolute atomic E-state index is 12.6. The molecule has 0 saturated heterocycles. The average molecular weight is 675 g/mol. The van der Waals surface area contributed by atoms with Crippen LogP contribution in [0.4, 0.5) is 8.78 Å². The highest BCUT2D eigenvalue weighted by Gasteiger charge is 2.27. The number of aliphatic hydroxyl groups excluding tert-OH is 1. The topological polar surface area (TPSA) is 70.6 Å². The van der Waals surface area contributed by atoms with Crippen LogP contribution >= 0.6 is 0 Å². The Hall–Kier alpha value is -3.29. The summed E-state index contributed by atoms with van der Waals surface area (Å²) in [6, 6.07) is 17.9. The van der Waals surface area contributed by atoms with Crippen molar-refractivity contribution in [2.24, 2.45) is 5.41 Å². The van der Waals surface area contributed by atoms with Gasteiger partial charge in [-0.3, -0.25) is 4.79 Å². The molecule has 1 atom stereocenters. The zero-order valence-corrected chi connectivity index (χ0v) is 32.6. The van der Waals surface area contributed by atoms with Crippen LogP contribution in [0.2, 0.25) is 0 Å². The lowest BCUT2D eigenvalue weighted by Gasteiger charge is -2.24. The van der Waals surface area contributed by atoms with E-state index in [4.69, 9.17) is 4.74 Å². The highest BCUT2D eigenvalue weighted by atomic mass is 19.1. The summed E-state index contributed by atoms with van der Waals surface area (Å²) in [5.41, 5.74) is 4.78. The Morgan fingerprint density at radius 3 is 1.88 bits per heavy atom. The van der Waals surface area contributed by atoms with Crippen LogP contribution in [0.15, 0.2) is 60.7 Å². The summed E-state index contributed by atoms with van der Waals surface area (Å²) >= 11 is 0. The van der Waals surface area contributed by atoms with E-state index in [1.165, 1.54) is 28.8 Å². The number of nitrogens with one attached hydrogen (secondary N) is 2. The molecule has 0 heterocycles. The number of benzene rings is 3. The Morgan fingerprint density at radius 1 is 0.771 bits per heavy atom. The Kier molecular flexibility index (Phi) is 30.5. The standard InChI is InChI=1S/C26H38N2O3.C7H6F2.4C2H6/c1-19-8-6-9-22(14-19)16-27-17-23(29)18-28-25(30)26(4,5)12-7-13-31-24-15-20(2)10-11-21(24)3;1-5-2-6(8)4-7(9)3-5;4*1-2/h6,8-11,14-15,23,27,29H,7,12-13,16-18H2,1-5H3,(H,28,30);2-4H,1H3;4*1-2H3. The molecule has 0 bridgehead atoms. The highest BCUT2D eigenvalue weighted by molar-refractivity contribution is 5.81. The van der Waals surface area contributed by atoms with Gasteiger partial charge in [0.1, 0.15) is 17.4 Å². The molecule has 0 aliphatic rings. The molecule has 0 radical (unpaired) electrons. The van der Waals surface area contributed by atoms with Crippen molar-refractivity contribution in [1.29, 1.82) is 0 Å². The monoisotopic (exact) mass is 675 g/mol. The lowest BCUT2D eigenvalue weighted by atomic mass is 9.87. The first-order chi connectivity index (χ1) is 22.9. The number of carbonyl (C=O) groups is 1. The lowest BCUT2D eigenvalue weighted by Crippen LogP contribution is -2.43. The number of aliphatic hydroxyl groups is 1.